The largest absolute Gasteiger partial charge is 0.486 e. The van der Waals surface area contributed by atoms with Crippen molar-refractivity contribution in [3.63, 3.8) is 0 Å². The molecule has 0 aliphatic carbocycles. The van der Waals surface area contributed by atoms with Crippen LogP contribution in [-0.2, 0) is 16.6 Å². The van der Waals surface area contributed by atoms with E-state index >= 15 is 0 Å². The van der Waals surface area contributed by atoms with Crippen molar-refractivity contribution in [1.29, 1.82) is 0 Å². The third kappa shape index (κ3) is 4.95. The Balaban J connectivity index is 1.49. The van der Waals surface area contributed by atoms with Crippen LogP contribution in [-0.4, -0.2) is 27.5 Å². The van der Waals surface area contributed by atoms with E-state index in [0.29, 0.717) is 24.7 Å². The Morgan fingerprint density at radius 2 is 1.69 bits per heavy atom. The summed E-state index contributed by atoms with van der Waals surface area (Å²) in [5.41, 5.74) is 0.970. The molecule has 10 heteroatoms. The van der Waals surface area contributed by atoms with E-state index < -0.39 is 21.7 Å². The molecule has 0 spiro atoms. The van der Waals surface area contributed by atoms with Crippen LogP contribution in [0.5, 0.6) is 11.5 Å². The Bertz CT molecular complexity index is 1270. The molecule has 4 rings (SSSR count). The van der Waals surface area contributed by atoms with Gasteiger partial charge in [0, 0.05) is 12.2 Å². The number of anilines is 1. The van der Waals surface area contributed by atoms with E-state index in [1.807, 2.05) is 0 Å². The highest BCUT2D eigenvalue weighted by Gasteiger charge is 2.19. The number of hydrogen-bond donors (Lipinski definition) is 2. The number of fused-ring (bicyclic) bond motifs is 1. The van der Waals surface area contributed by atoms with Crippen molar-refractivity contribution in [2.45, 2.75) is 11.4 Å². The van der Waals surface area contributed by atoms with Crippen LogP contribution in [0.2, 0.25) is 5.02 Å². The first-order chi connectivity index (χ1) is 15.3. The molecule has 0 aromatic heterocycles. The lowest BCUT2D eigenvalue weighted by Gasteiger charge is -2.19. The minimum Gasteiger partial charge on any atom is -0.486 e. The minimum absolute atomic E-state index is 0.00573. The minimum atomic E-state index is -4.02. The second-order valence-electron chi connectivity index (χ2n) is 6.91. The van der Waals surface area contributed by atoms with Crippen molar-refractivity contribution in [2.75, 3.05) is 17.9 Å². The average Bonchev–Trinajstić information content (AvgIpc) is 2.79. The Labute approximate surface area is 189 Å². The summed E-state index contributed by atoms with van der Waals surface area (Å²) in [6.45, 7) is 1.11. The smallest absolute Gasteiger partial charge is 0.261 e. The van der Waals surface area contributed by atoms with Gasteiger partial charge < -0.3 is 14.8 Å². The fourth-order valence-electron chi connectivity index (χ4n) is 3.05. The molecule has 1 aliphatic rings. The van der Waals surface area contributed by atoms with Crippen molar-refractivity contribution in [1.82, 2.24) is 5.32 Å². The first kappa shape index (κ1) is 21.9. The van der Waals surface area contributed by atoms with Crippen molar-refractivity contribution in [3.05, 3.63) is 82.6 Å². The fraction of sp³-hybridized carbons (Fsp3) is 0.136. The monoisotopic (exact) mass is 476 g/mol. The molecule has 0 saturated heterocycles. The lowest BCUT2D eigenvalue weighted by Crippen LogP contribution is -2.24. The molecule has 166 valence electrons. The zero-order valence-electron chi connectivity index (χ0n) is 16.6. The van der Waals surface area contributed by atoms with Crippen molar-refractivity contribution >= 4 is 33.2 Å². The number of amides is 1. The van der Waals surface area contributed by atoms with Crippen molar-refractivity contribution in [3.8, 4) is 11.5 Å². The SMILES string of the molecule is O=C(NCc1ccc2c(c1)OCCO2)c1cc(S(=O)(=O)Nc2ccc(F)cc2)ccc1Cl. The molecule has 0 unspecified atom stereocenters. The number of carbonyl (C=O) groups excluding carboxylic acids is 1. The maximum absolute atomic E-state index is 13.1. The maximum Gasteiger partial charge on any atom is 0.261 e. The number of benzene rings is 3. The quantitative estimate of drug-likeness (QED) is 0.561. The molecular weight excluding hydrogens is 459 g/mol. The van der Waals surface area contributed by atoms with Gasteiger partial charge >= 0.3 is 0 Å². The standard InChI is InChI=1S/C22H18ClFN2O5S/c23-19-7-6-17(32(28,29)26-16-4-2-15(24)3-5-16)12-18(19)22(27)25-13-14-1-8-20-21(11-14)31-10-9-30-20/h1-8,11-12,26H,9-10,13H2,(H,25,27). The molecule has 0 radical (unpaired) electrons. The second-order valence-corrected chi connectivity index (χ2v) is 9.00. The first-order valence-electron chi connectivity index (χ1n) is 9.56. The Morgan fingerprint density at radius 1 is 0.969 bits per heavy atom. The third-order valence-corrected chi connectivity index (χ3v) is 6.36. The molecule has 32 heavy (non-hydrogen) atoms. The molecule has 0 atom stereocenters. The number of hydrogen-bond acceptors (Lipinski definition) is 5. The van der Waals surface area contributed by atoms with Crippen LogP contribution in [0.3, 0.4) is 0 Å². The van der Waals surface area contributed by atoms with Gasteiger partial charge in [-0.05, 0) is 60.2 Å². The molecule has 0 saturated carbocycles. The molecule has 0 bridgehead atoms. The molecule has 7 nitrogen and oxygen atoms in total. The zero-order valence-corrected chi connectivity index (χ0v) is 18.2. The van der Waals surface area contributed by atoms with Crippen LogP contribution < -0.4 is 19.5 Å². The van der Waals surface area contributed by atoms with Crippen LogP contribution >= 0.6 is 11.6 Å². The molecule has 3 aromatic rings. The lowest BCUT2D eigenvalue weighted by molar-refractivity contribution is 0.0950. The summed E-state index contributed by atoms with van der Waals surface area (Å²) in [5, 5.41) is 2.82. The molecule has 3 aromatic carbocycles. The van der Waals surface area contributed by atoms with Crippen LogP contribution in [0.25, 0.3) is 0 Å². The summed E-state index contributed by atoms with van der Waals surface area (Å²) in [7, 11) is -4.02. The number of halogens is 2. The van der Waals surface area contributed by atoms with Gasteiger partial charge in [-0.15, -0.1) is 0 Å². The van der Waals surface area contributed by atoms with E-state index in [1.54, 1.807) is 18.2 Å². The van der Waals surface area contributed by atoms with E-state index in [0.717, 1.165) is 17.7 Å². The summed E-state index contributed by atoms with van der Waals surface area (Å²) in [5.74, 6) is 0.210. The van der Waals surface area contributed by atoms with E-state index in [-0.39, 0.29) is 27.7 Å². The van der Waals surface area contributed by atoms with Crippen molar-refractivity contribution in [2.24, 2.45) is 0 Å². The lowest BCUT2D eigenvalue weighted by atomic mass is 10.1. The normalized spacial score (nSPS) is 12.8. The van der Waals surface area contributed by atoms with Crippen LogP contribution in [0.4, 0.5) is 10.1 Å². The van der Waals surface area contributed by atoms with Gasteiger partial charge in [-0.1, -0.05) is 17.7 Å². The number of ether oxygens (including phenoxy) is 2. The number of carbonyl (C=O) groups is 1. The summed E-state index contributed by atoms with van der Waals surface area (Å²) >= 11 is 6.14. The number of nitrogens with one attached hydrogen (secondary N) is 2. The third-order valence-electron chi connectivity index (χ3n) is 4.65. The molecule has 1 heterocycles. The number of sulfonamides is 1. The second kappa shape index (κ2) is 9.05. The highest BCUT2D eigenvalue weighted by atomic mass is 35.5. The summed E-state index contributed by atoms with van der Waals surface area (Å²) in [4.78, 5) is 12.5. The maximum atomic E-state index is 13.1. The highest BCUT2D eigenvalue weighted by Crippen LogP contribution is 2.30. The molecule has 2 N–H and O–H groups in total. The van der Waals surface area contributed by atoms with Crippen LogP contribution in [0, 0.1) is 5.82 Å². The highest BCUT2D eigenvalue weighted by molar-refractivity contribution is 7.92. The van der Waals surface area contributed by atoms with Crippen LogP contribution in [0.15, 0.2) is 65.6 Å². The fourth-order valence-corrected chi connectivity index (χ4v) is 4.34. The van der Waals surface area contributed by atoms with Gasteiger partial charge in [0.15, 0.2) is 11.5 Å². The molecule has 1 amide bonds. The first-order valence-corrected chi connectivity index (χ1v) is 11.4. The van der Waals surface area contributed by atoms with Gasteiger partial charge in [-0.2, -0.15) is 0 Å². The topological polar surface area (TPSA) is 93.7 Å². The molecule has 1 aliphatic heterocycles. The van der Waals surface area contributed by atoms with Crippen molar-refractivity contribution < 1.29 is 27.1 Å². The van der Waals surface area contributed by atoms with E-state index in [4.69, 9.17) is 21.1 Å². The molecule has 0 fully saturated rings. The van der Waals surface area contributed by atoms with Crippen LogP contribution in [0.1, 0.15) is 15.9 Å². The zero-order chi connectivity index (χ0) is 22.7. The van der Waals surface area contributed by atoms with Gasteiger partial charge in [0.1, 0.15) is 19.0 Å². The van der Waals surface area contributed by atoms with Gasteiger partial charge in [-0.25, -0.2) is 12.8 Å². The predicted molar refractivity (Wildman–Crippen MR) is 117 cm³/mol. The Hall–Kier alpha value is -3.30. The summed E-state index contributed by atoms with van der Waals surface area (Å²) in [6.07, 6.45) is 0. The summed E-state index contributed by atoms with van der Waals surface area (Å²) < 4.78 is 51.8. The Morgan fingerprint density at radius 3 is 2.44 bits per heavy atom. The van der Waals surface area contributed by atoms with E-state index in [1.165, 1.54) is 30.3 Å². The Kier molecular flexibility index (Phi) is 6.20. The molecular formula is C22H18ClFN2O5S. The van der Waals surface area contributed by atoms with Gasteiger partial charge in [0.2, 0.25) is 0 Å². The van der Waals surface area contributed by atoms with Gasteiger partial charge in [0.05, 0.1) is 15.5 Å². The van der Waals surface area contributed by atoms with Gasteiger partial charge in [0.25, 0.3) is 15.9 Å². The van der Waals surface area contributed by atoms with Gasteiger partial charge in [-0.3, -0.25) is 9.52 Å². The number of rotatable bonds is 6. The average molecular weight is 477 g/mol. The van der Waals surface area contributed by atoms with E-state index in [9.17, 15) is 17.6 Å². The summed E-state index contributed by atoms with van der Waals surface area (Å²) in [6, 6.07) is 14.0. The van der Waals surface area contributed by atoms with E-state index in [2.05, 4.69) is 10.0 Å². The predicted octanol–water partition coefficient (Wildman–Crippen LogP) is 3.98.